The SMILES string of the molecule is CC(C)(c1n[nH]c(CNC(=O)c2cnn(-c3ncc(-c4ncc(C=O)cc4F)cn3)c2)n1)C(F)(F)F. The molecule has 4 aromatic heterocycles. The number of hydrogen-bond acceptors (Lipinski definition) is 8. The third-order valence-electron chi connectivity index (χ3n) is 5.18. The molecule has 0 unspecified atom stereocenters. The maximum atomic E-state index is 14.1. The molecule has 4 rings (SSSR count). The molecule has 4 heterocycles. The second-order valence-corrected chi connectivity index (χ2v) is 8.07. The van der Waals surface area contributed by atoms with Crippen LogP contribution in [0.4, 0.5) is 17.6 Å². The first kappa shape index (κ1) is 24.6. The number of aromatic nitrogens is 8. The topological polar surface area (TPSA) is 144 Å². The van der Waals surface area contributed by atoms with E-state index in [1.165, 1.54) is 35.7 Å². The minimum Gasteiger partial charge on any atom is -0.345 e. The van der Waals surface area contributed by atoms with Gasteiger partial charge in [-0.2, -0.15) is 23.4 Å². The highest BCUT2D eigenvalue weighted by Crippen LogP contribution is 2.38. The average Bonchev–Trinajstić information content (AvgIpc) is 3.52. The fourth-order valence-corrected chi connectivity index (χ4v) is 2.89. The van der Waals surface area contributed by atoms with Gasteiger partial charge in [0.05, 0.1) is 18.3 Å². The zero-order valence-corrected chi connectivity index (χ0v) is 18.7. The maximum absolute atomic E-state index is 14.1. The van der Waals surface area contributed by atoms with Gasteiger partial charge in [-0.15, -0.1) is 0 Å². The van der Waals surface area contributed by atoms with Gasteiger partial charge in [0, 0.05) is 35.9 Å². The van der Waals surface area contributed by atoms with Crippen LogP contribution in [0.25, 0.3) is 17.2 Å². The molecule has 186 valence electrons. The van der Waals surface area contributed by atoms with Crippen LogP contribution in [0, 0.1) is 5.82 Å². The van der Waals surface area contributed by atoms with Gasteiger partial charge in [-0.1, -0.05) is 0 Å². The van der Waals surface area contributed by atoms with Gasteiger partial charge in [0.15, 0.2) is 12.1 Å². The van der Waals surface area contributed by atoms with E-state index in [4.69, 9.17) is 0 Å². The molecule has 0 atom stereocenters. The third-order valence-corrected chi connectivity index (χ3v) is 5.18. The summed E-state index contributed by atoms with van der Waals surface area (Å²) in [5.74, 6) is -1.61. The summed E-state index contributed by atoms with van der Waals surface area (Å²) in [7, 11) is 0. The van der Waals surface area contributed by atoms with Crippen LogP contribution in [0.5, 0.6) is 0 Å². The Labute approximate surface area is 200 Å². The molecule has 11 nitrogen and oxygen atoms in total. The van der Waals surface area contributed by atoms with Crippen LogP contribution in [0.3, 0.4) is 0 Å². The molecule has 0 saturated heterocycles. The summed E-state index contributed by atoms with van der Waals surface area (Å²) in [6.07, 6.45) is 2.33. The van der Waals surface area contributed by atoms with Crippen LogP contribution < -0.4 is 5.32 Å². The van der Waals surface area contributed by atoms with Gasteiger partial charge in [0.25, 0.3) is 5.91 Å². The molecule has 0 aliphatic heterocycles. The van der Waals surface area contributed by atoms with Crippen molar-refractivity contribution in [2.75, 3.05) is 0 Å². The number of aldehydes is 1. The van der Waals surface area contributed by atoms with Gasteiger partial charge < -0.3 is 5.32 Å². The largest absolute Gasteiger partial charge is 0.401 e. The minimum absolute atomic E-state index is 0.0399. The Morgan fingerprint density at radius 1 is 1.14 bits per heavy atom. The zero-order chi connectivity index (χ0) is 26.1. The number of rotatable bonds is 7. The highest BCUT2D eigenvalue weighted by atomic mass is 19.4. The van der Waals surface area contributed by atoms with Gasteiger partial charge in [-0.3, -0.25) is 19.7 Å². The summed E-state index contributed by atoms with van der Waals surface area (Å²) in [5, 5.41) is 12.5. The van der Waals surface area contributed by atoms with Crippen molar-refractivity contribution in [3.63, 3.8) is 0 Å². The van der Waals surface area contributed by atoms with E-state index in [0.717, 1.165) is 19.9 Å². The monoisotopic (exact) mass is 503 g/mol. The van der Waals surface area contributed by atoms with Crippen molar-refractivity contribution in [1.82, 2.24) is 45.2 Å². The molecule has 0 bridgehead atoms. The van der Waals surface area contributed by atoms with Crippen molar-refractivity contribution in [3.05, 3.63) is 65.6 Å². The zero-order valence-electron chi connectivity index (χ0n) is 18.7. The summed E-state index contributed by atoms with van der Waals surface area (Å²) in [6, 6.07) is 1.04. The van der Waals surface area contributed by atoms with E-state index < -0.39 is 29.1 Å². The second-order valence-electron chi connectivity index (χ2n) is 8.07. The van der Waals surface area contributed by atoms with Gasteiger partial charge in [-0.25, -0.2) is 24.0 Å². The molecule has 2 N–H and O–H groups in total. The molecule has 4 aromatic rings. The number of hydrogen-bond donors (Lipinski definition) is 2. The lowest BCUT2D eigenvalue weighted by Gasteiger charge is -2.24. The summed E-state index contributed by atoms with van der Waals surface area (Å²) in [4.78, 5) is 39.0. The average molecular weight is 503 g/mol. The van der Waals surface area contributed by atoms with Crippen molar-refractivity contribution in [2.45, 2.75) is 32.0 Å². The fraction of sp³-hybridized carbons (Fsp3) is 0.238. The van der Waals surface area contributed by atoms with Crippen LogP contribution in [0.15, 0.2) is 37.1 Å². The van der Waals surface area contributed by atoms with Crippen LogP contribution in [0.2, 0.25) is 0 Å². The Kier molecular flexibility index (Phi) is 6.30. The highest BCUT2D eigenvalue weighted by Gasteiger charge is 2.51. The van der Waals surface area contributed by atoms with Crippen molar-refractivity contribution >= 4 is 12.2 Å². The number of carbonyl (C=O) groups excluding carboxylic acids is 2. The molecule has 0 spiro atoms. The first-order valence-electron chi connectivity index (χ1n) is 10.2. The minimum atomic E-state index is -4.55. The number of aromatic amines is 1. The number of alkyl halides is 3. The molecular weight excluding hydrogens is 486 g/mol. The number of nitrogens with zero attached hydrogens (tertiary/aromatic N) is 7. The van der Waals surface area contributed by atoms with Crippen LogP contribution in [-0.2, 0) is 12.0 Å². The Balaban J connectivity index is 1.41. The van der Waals surface area contributed by atoms with Crippen LogP contribution >= 0.6 is 0 Å². The summed E-state index contributed by atoms with van der Waals surface area (Å²) < 4.78 is 54.8. The second kappa shape index (κ2) is 9.24. The van der Waals surface area contributed by atoms with Crippen molar-refractivity contribution in [3.8, 4) is 17.2 Å². The Morgan fingerprint density at radius 2 is 1.86 bits per heavy atom. The number of nitrogens with one attached hydrogen (secondary N) is 2. The molecule has 15 heteroatoms. The molecule has 0 aliphatic carbocycles. The van der Waals surface area contributed by atoms with Crippen LogP contribution in [-0.4, -0.2) is 58.3 Å². The van der Waals surface area contributed by atoms with Crippen LogP contribution in [0.1, 0.15) is 46.2 Å². The van der Waals surface area contributed by atoms with E-state index in [0.29, 0.717) is 6.29 Å². The van der Waals surface area contributed by atoms with Crippen molar-refractivity contribution in [2.24, 2.45) is 0 Å². The third kappa shape index (κ3) is 4.80. The van der Waals surface area contributed by atoms with Gasteiger partial charge in [-0.05, 0) is 19.9 Å². The molecular formula is C21H17F4N9O2. The predicted molar refractivity (Wildman–Crippen MR) is 114 cm³/mol. The first-order chi connectivity index (χ1) is 17.0. The summed E-state index contributed by atoms with van der Waals surface area (Å²) in [6.45, 7) is 1.72. The molecule has 0 saturated carbocycles. The Hall–Kier alpha value is -4.56. The predicted octanol–water partition coefficient (Wildman–Crippen LogP) is 2.56. The van der Waals surface area contributed by atoms with E-state index >= 15 is 0 Å². The summed E-state index contributed by atoms with van der Waals surface area (Å²) >= 11 is 0. The van der Waals surface area contributed by atoms with E-state index in [1.54, 1.807) is 0 Å². The van der Waals surface area contributed by atoms with E-state index in [9.17, 15) is 27.2 Å². The quantitative estimate of drug-likeness (QED) is 0.289. The van der Waals surface area contributed by atoms with Gasteiger partial charge >= 0.3 is 6.18 Å². The van der Waals surface area contributed by atoms with Gasteiger partial charge in [0.1, 0.15) is 22.8 Å². The Bertz CT molecular complexity index is 1410. The molecule has 0 fully saturated rings. The first-order valence-corrected chi connectivity index (χ1v) is 10.2. The number of amides is 1. The number of H-pyrrole nitrogens is 1. The van der Waals surface area contributed by atoms with Crippen molar-refractivity contribution < 1.29 is 27.2 Å². The number of carbonyl (C=O) groups is 2. The molecule has 1 amide bonds. The molecule has 0 aromatic carbocycles. The molecule has 0 radical (unpaired) electrons. The number of halogens is 4. The summed E-state index contributed by atoms with van der Waals surface area (Å²) in [5.41, 5.74) is -1.83. The van der Waals surface area contributed by atoms with Crippen molar-refractivity contribution in [1.29, 1.82) is 0 Å². The fourth-order valence-electron chi connectivity index (χ4n) is 2.89. The maximum Gasteiger partial charge on any atom is 0.401 e. The van der Waals surface area contributed by atoms with E-state index in [-0.39, 0.29) is 40.7 Å². The lowest BCUT2D eigenvalue weighted by atomic mass is 9.92. The van der Waals surface area contributed by atoms with E-state index in [1.807, 2.05) is 0 Å². The lowest BCUT2D eigenvalue weighted by Crippen LogP contribution is -2.37. The van der Waals surface area contributed by atoms with Gasteiger partial charge in [0.2, 0.25) is 5.95 Å². The lowest BCUT2D eigenvalue weighted by molar-refractivity contribution is -0.182. The molecule has 36 heavy (non-hydrogen) atoms. The number of pyridine rings is 1. The van der Waals surface area contributed by atoms with E-state index in [2.05, 4.69) is 40.5 Å². The standard InChI is InChI=1S/C21H17F4N9O2/c1-20(2,21(23,24)25)18-31-15(32-33-18)8-27-17(36)13-7-30-34(9-13)19-28-5-12(6-29-19)16-14(22)3-11(10-35)4-26-16/h3-7,9-10H,8H2,1-2H3,(H,27,36)(H,31,32,33). The smallest absolute Gasteiger partial charge is 0.345 e. The Morgan fingerprint density at radius 3 is 2.50 bits per heavy atom. The normalized spacial score (nSPS) is 11.9. The molecule has 0 aliphatic rings. The highest BCUT2D eigenvalue weighted by molar-refractivity contribution is 5.93.